The molecule has 1 aromatic rings. The zero-order valence-electron chi connectivity index (χ0n) is 9.24. The topological polar surface area (TPSA) is 41.1 Å². The van der Waals surface area contributed by atoms with E-state index in [1.54, 1.807) is 0 Å². The summed E-state index contributed by atoms with van der Waals surface area (Å²) in [6.07, 6.45) is 5.34. The van der Waals surface area contributed by atoms with Gasteiger partial charge in [-0.1, -0.05) is 0 Å². The Morgan fingerprint density at radius 2 is 2.20 bits per heavy atom. The Bertz CT molecular complexity index is 307. The third kappa shape index (κ3) is 2.65. The van der Waals surface area contributed by atoms with Crippen molar-refractivity contribution < 1.29 is 0 Å². The summed E-state index contributed by atoms with van der Waals surface area (Å²) < 4.78 is 0. The van der Waals surface area contributed by atoms with Crippen molar-refractivity contribution in [1.29, 1.82) is 0 Å². The van der Waals surface area contributed by atoms with E-state index in [0.717, 1.165) is 37.7 Å². The van der Waals surface area contributed by atoms with Crippen LogP contribution >= 0.6 is 0 Å². The SMILES string of the molecule is CNCCc1nccc(N2CCCC2)n1. The van der Waals surface area contributed by atoms with E-state index in [2.05, 4.69) is 20.2 Å². The van der Waals surface area contributed by atoms with Gasteiger partial charge in [0.2, 0.25) is 0 Å². The second-order valence-corrected chi connectivity index (χ2v) is 3.88. The van der Waals surface area contributed by atoms with E-state index in [9.17, 15) is 0 Å². The molecule has 82 valence electrons. The molecule has 1 aliphatic heterocycles. The Kier molecular flexibility index (Phi) is 3.50. The summed E-state index contributed by atoms with van der Waals surface area (Å²) in [6, 6.07) is 2.01. The number of likely N-dealkylation sites (N-methyl/N-ethyl adjacent to an activating group) is 1. The van der Waals surface area contributed by atoms with E-state index in [1.807, 2.05) is 19.3 Å². The molecular formula is C11H18N4. The van der Waals surface area contributed by atoms with Gasteiger partial charge in [0.25, 0.3) is 0 Å². The van der Waals surface area contributed by atoms with Crippen LogP contribution in [0.5, 0.6) is 0 Å². The van der Waals surface area contributed by atoms with E-state index in [0.29, 0.717) is 0 Å². The summed E-state index contributed by atoms with van der Waals surface area (Å²) in [5, 5.41) is 3.11. The fraction of sp³-hybridized carbons (Fsp3) is 0.636. The number of nitrogens with zero attached hydrogens (tertiary/aromatic N) is 3. The van der Waals surface area contributed by atoms with Crippen LogP contribution in [-0.4, -0.2) is 36.6 Å². The first-order chi connectivity index (χ1) is 7.40. The number of nitrogens with one attached hydrogen (secondary N) is 1. The van der Waals surface area contributed by atoms with Gasteiger partial charge in [-0.05, 0) is 26.0 Å². The van der Waals surface area contributed by atoms with Crippen molar-refractivity contribution in [2.75, 3.05) is 31.6 Å². The van der Waals surface area contributed by atoms with Crippen LogP contribution in [0.4, 0.5) is 5.82 Å². The van der Waals surface area contributed by atoms with Crippen molar-refractivity contribution in [1.82, 2.24) is 15.3 Å². The molecule has 0 saturated carbocycles. The average molecular weight is 206 g/mol. The quantitative estimate of drug-likeness (QED) is 0.792. The van der Waals surface area contributed by atoms with Gasteiger partial charge in [-0.3, -0.25) is 0 Å². The lowest BCUT2D eigenvalue weighted by Gasteiger charge is -2.16. The van der Waals surface area contributed by atoms with Crippen LogP contribution in [0.25, 0.3) is 0 Å². The molecular weight excluding hydrogens is 188 g/mol. The number of anilines is 1. The Balaban J connectivity index is 2.04. The normalized spacial score (nSPS) is 15.9. The van der Waals surface area contributed by atoms with Gasteiger partial charge >= 0.3 is 0 Å². The van der Waals surface area contributed by atoms with Gasteiger partial charge in [0, 0.05) is 32.3 Å². The molecule has 1 N–H and O–H groups in total. The van der Waals surface area contributed by atoms with Crippen LogP contribution in [0.15, 0.2) is 12.3 Å². The Morgan fingerprint density at radius 1 is 1.40 bits per heavy atom. The van der Waals surface area contributed by atoms with Crippen molar-refractivity contribution in [3.05, 3.63) is 18.1 Å². The van der Waals surface area contributed by atoms with Gasteiger partial charge < -0.3 is 10.2 Å². The fourth-order valence-electron chi connectivity index (χ4n) is 1.87. The van der Waals surface area contributed by atoms with Crippen LogP contribution < -0.4 is 10.2 Å². The highest BCUT2D eigenvalue weighted by atomic mass is 15.2. The summed E-state index contributed by atoms with van der Waals surface area (Å²) in [7, 11) is 1.95. The number of hydrogen-bond donors (Lipinski definition) is 1. The summed E-state index contributed by atoms with van der Waals surface area (Å²) >= 11 is 0. The minimum absolute atomic E-state index is 0.901. The molecule has 4 heteroatoms. The van der Waals surface area contributed by atoms with E-state index < -0.39 is 0 Å². The first-order valence-corrected chi connectivity index (χ1v) is 5.61. The second-order valence-electron chi connectivity index (χ2n) is 3.88. The number of rotatable bonds is 4. The van der Waals surface area contributed by atoms with Gasteiger partial charge in [0.1, 0.15) is 11.6 Å². The Labute approximate surface area is 90.7 Å². The highest BCUT2D eigenvalue weighted by Gasteiger charge is 2.13. The molecule has 15 heavy (non-hydrogen) atoms. The van der Waals surface area contributed by atoms with E-state index in [1.165, 1.54) is 12.8 Å². The summed E-state index contributed by atoms with van der Waals surface area (Å²) in [4.78, 5) is 11.2. The molecule has 0 radical (unpaired) electrons. The summed E-state index contributed by atoms with van der Waals surface area (Å²) in [6.45, 7) is 3.22. The summed E-state index contributed by atoms with van der Waals surface area (Å²) in [5.74, 6) is 2.03. The van der Waals surface area contributed by atoms with Gasteiger partial charge in [-0.2, -0.15) is 0 Å². The van der Waals surface area contributed by atoms with Crippen molar-refractivity contribution >= 4 is 5.82 Å². The molecule has 2 heterocycles. The predicted octanol–water partition coefficient (Wildman–Crippen LogP) is 0.839. The molecule has 0 spiro atoms. The summed E-state index contributed by atoms with van der Waals surface area (Å²) in [5.41, 5.74) is 0. The molecule has 0 amide bonds. The molecule has 2 rings (SSSR count). The average Bonchev–Trinajstić information content (AvgIpc) is 2.80. The maximum Gasteiger partial charge on any atom is 0.132 e. The monoisotopic (exact) mass is 206 g/mol. The van der Waals surface area contributed by atoms with Gasteiger partial charge in [0.15, 0.2) is 0 Å². The maximum atomic E-state index is 4.57. The molecule has 0 bridgehead atoms. The highest BCUT2D eigenvalue weighted by molar-refractivity contribution is 5.38. The minimum Gasteiger partial charge on any atom is -0.357 e. The van der Waals surface area contributed by atoms with Crippen molar-refractivity contribution in [3.8, 4) is 0 Å². The molecule has 0 aromatic carbocycles. The molecule has 1 fully saturated rings. The highest BCUT2D eigenvalue weighted by Crippen LogP contribution is 2.16. The fourth-order valence-corrected chi connectivity index (χ4v) is 1.87. The van der Waals surface area contributed by atoms with Crippen LogP contribution in [-0.2, 0) is 6.42 Å². The minimum atomic E-state index is 0.901. The van der Waals surface area contributed by atoms with Gasteiger partial charge in [-0.25, -0.2) is 9.97 Å². The van der Waals surface area contributed by atoms with E-state index in [-0.39, 0.29) is 0 Å². The van der Waals surface area contributed by atoms with Crippen LogP contribution in [0, 0.1) is 0 Å². The largest absolute Gasteiger partial charge is 0.357 e. The molecule has 1 saturated heterocycles. The lowest BCUT2D eigenvalue weighted by Crippen LogP contribution is -2.20. The molecule has 0 aliphatic carbocycles. The van der Waals surface area contributed by atoms with Gasteiger partial charge in [0.05, 0.1) is 0 Å². The molecule has 0 atom stereocenters. The van der Waals surface area contributed by atoms with Crippen LogP contribution in [0.2, 0.25) is 0 Å². The molecule has 1 aliphatic rings. The lowest BCUT2D eigenvalue weighted by atomic mass is 10.4. The smallest absolute Gasteiger partial charge is 0.132 e. The Hall–Kier alpha value is -1.16. The van der Waals surface area contributed by atoms with Crippen molar-refractivity contribution in [3.63, 3.8) is 0 Å². The third-order valence-electron chi connectivity index (χ3n) is 2.72. The van der Waals surface area contributed by atoms with Crippen LogP contribution in [0.1, 0.15) is 18.7 Å². The first kappa shape index (κ1) is 10.4. The number of aromatic nitrogens is 2. The third-order valence-corrected chi connectivity index (χ3v) is 2.72. The van der Waals surface area contributed by atoms with Crippen molar-refractivity contribution in [2.45, 2.75) is 19.3 Å². The predicted molar refractivity (Wildman–Crippen MR) is 61.1 cm³/mol. The van der Waals surface area contributed by atoms with E-state index in [4.69, 9.17) is 0 Å². The molecule has 4 nitrogen and oxygen atoms in total. The zero-order valence-corrected chi connectivity index (χ0v) is 9.24. The van der Waals surface area contributed by atoms with Gasteiger partial charge in [-0.15, -0.1) is 0 Å². The standard InChI is InChI=1S/C11H18N4/c1-12-6-4-10-13-7-5-11(14-10)15-8-2-3-9-15/h5,7,12H,2-4,6,8-9H2,1H3. The second kappa shape index (κ2) is 5.07. The van der Waals surface area contributed by atoms with E-state index >= 15 is 0 Å². The van der Waals surface area contributed by atoms with Crippen molar-refractivity contribution in [2.24, 2.45) is 0 Å². The first-order valence-electron chi connectivity index (χ1n) is 5.61. The zero-order chi connectivity index (χ0) is 10.5. The Morgan fingerprint density at radius 3 is 2.93 bits per heavy atom. The number of hydrogen-bond acceptors (Lipinski definition) is 4. The lowest BCUT2D eigenvalue weighted by molar-refractivity contribution is 0.751. The maximum absolute atomic E-state index is 4.57. The van der Waals surface area contributed by atoms with Crippen LogP contribution in [0.3, 0.4) is 0 Å². The molecule has 1 aromatic heterocycles. The molecule has 0 unspecified atom stereocenters.